The molecule has 0 N–H and O–H groups in total. The number of aromatic nitrogens is 2. The lowest BCUT2D eigenvalue weighted by atomic mass is 9.99. The average molecular weight is 312 g/mol. The molecule has 0 amide bonds. The third-order valence-corrected chi connectivity index (χ3v) is 4.77. The Hall–Kier alpha value is -2.14. The predicted octanol–water partition coefficient (Wildman–Crippen LogP) is 2.66. The van der Waals surface area contributed by atoms with Gasteiger partial charge in [-0.15, -0.1) is 0 Å². The zero-order chi connectivity index (χ0) is 15.7. The Balaban J connectivity index is 1.41. The number of hydrogen-bond donors (Lipinski definition) is 0. The van der Waals surface area contributed by atoms with Gasteiger partial charge in [-0.05, 0) is 24.8 Å². The van der Waals surface area contributed by atoms with Gasteiger partial charge in [-0.3, -0.25) is 4.68 Å². The van der Waals surface area contributed by atoms with E-state index in [9.17, 15) is 4.79 Å². The van der Waals surface area contributed by atoms with E-state index in [4.69, 9.17) is 9.47 Å². The summed E-state index contributed by atoms with van der Waals surface area (Å²) in [6.45, 7) is 2.13. The molecule has 0 radical (unpaired) electrons. The number of esters is 1. The van der Waals surface area contributed by atoms with Crippen LogP contribution in [0.15, 0.2) is 42.7 Å². The van der Waals surface area contributed by atoms with E-state index >= 15 is 0 Å². The van der Waals surface area contributed by atoms with Crippen LogP contribution in [-0.4, -0.2) is 34.6 Å². The predicted molar refractivity (Wildman–Crippen MR) is 84.1 cm³/mol. The standard InChI is InChI=1S/C18H20N2O3/c21-17(23-18(7-8-18)16-6-9-22-13-16)15-10-19-20(12-15)11-14-4-2-1-3-5-14/h1-5,10,12,16H,6-9,11,13H2. The monoisotopic (exact) mass is 312 g/mol. The number of carbonyl (C=O) groups excluding carboxylic acids is 1. The van der Waals surface area contributed by atoms with Gasteiger partial charge in [-0.1, -0.05) is 30.3 Å². The van der Waals surface area contributed by atoms with Crippen molar-refractivity contribution in [3.05, 3.63) is 53.9 Å². The van der Waals surface area contributed by atoms with Crippen LogP contribution >= 0.6 is 0 Å². The molecular formula is C18H20N2O3. The quantitative estimate of drug-likeness (QED) is 0.797. The first-order chi connectivity index (χ1) is 11.3. The highest BCUT2D eigenvalue weighted by Gasteiger charge is 2.54. The zero-order valence-electron chi connectivity index (χ0n) is 13.0. The van der Waals surface area contributed by atoms with E-state index in [2.05, 4.69) is 5.10 Å². The second-order valence-electron chi connectivity index (χ2n) is 6.43. The molecule has 2 fully saturated rings. The van der Waals surface area contributed by atoms with Gasteiger partial charge in [0.1, 0.15) is 5.60 Å². The van der Waals surface area contributed by atoms with Gasteiger partial charge in [-0.25, -0.2) is 4.79 Å². The fraction of sp³-hybridized carbons (Fsp3) is 0.444. The number of carbonyl (C=O) groups is 1. The molecule has 1 unspecified atom stereocenters. The van der Waals surface area contributed by atoms with E-state index < -0.39 is 0 Å². The molecule has 1 aliphatic heterocycles. The van der Waals surface area contributed by atoms with Gasteiger partial charge >= 0.3 is 5.97 Å². The number of rotatable bonds is 5. The molecule has 1 aromatic heterocycles. The molecular weight excluding hydrogens is 292 g/mol. The minimum atomic E-state index is -0.283. The summed E-state index contributed by atoms with van der Waals surface area (Å²) >= 11 is 0. The molecule has 5 nitrogen and oxygen atoms in total. The van der Waals surface area contributed by atoms with Gasteiger partial charge < -0.3 is 9.47 Å². The maximum Gasteiger partial charge on any atom is 0.341 e. The van der Waals surface area contributed by atoms with Crippen molar-refractivity contribution >= 4 is 5.97 Å². The highest BCUT2D eigenvalue weighted by molar-refractivity contribution is 5.89. The first kappa shape index (κ1) is 14.5. The highest BCUT2D eigenvalue weighted by atomic mass is 16.6. The Labute approximate surface area is 135 Å². The molecule has 5 heteroatoms. The van der Waals surface area contributed by atoms with Crippen LogP contribution in [0.1, 0.15) is 35.2 Å². The van der Waals surface area contributed by atoms with Gasteiger partial charge in [0, 0.05) is 18.7 Å². The van der Waals surface area contributed by atoms with E-state index in [1.54, 1.807) is 17.1 Å². The summed E-state index contributed by atoms with van der Waals surface area (Å²) in [5.74, 6) is 0.0829. The minimum Gasteiger partial charge on any atom is -0.455 e. The number of ether oxygens (including phenoxy) is 2. The second kappa shape index (κ2) is 5.81. The SMILES string of the molecule is O=C(OC1(C2CCOC2)CC1)c1cnn(Cc2ccccc2)c1. The molecule has 23 heavy (non-hydrogen) atoms. The minimum absolute atomic E-state index is 0.270. The summed E-state index contributed by atoms with van der Waals surface area (Å²) in [6.07, 6.45) is 6.24. The van der Waals surface area contributed by atoms with E-state index in [-0.39, 0.29) is 11.6 Å². The van der Waals surface area contributed by atoms with Crippen molar-refractivity contribution in [3.8, 4) is 0 Å². The average Bonchev–Trinajstić information content (AvgIpc) is 3.00. The highest BCUT2D eigenvalue weighted by Crippen LogP contribution is 2.49. The molecule has 0 spiro atoms. The molecule has 0 bridgehead atoms. The third-order valence-electron chi connectivity index (χ3n) is 4.77. The second-order valence-corrected chi connectivity index (χ2v) is 6.43. The zero-order valence-corrected chi connectivity index (χ0v) is 13.0. The Morgan fingerprint density at radius 2 is 2.17 bits per heavy atom. The van der Waals surface area contributed by atoms with Crippen LogP contribution in [0, 0.1) is 5.92 Å². The maximum atomic E-state index is 12.4. The van der Waals surface area contributed by atoms with Gasteiger partial charge in [-0.2, -0.15) is 5.10 Å². The summed E-state index contributed by atoms with van der Waals surface area (Å²) in [4.78, 5) is 12.4. The molecule has 1 saturated heterocycles. The lowest BCUT2D eigenvalue weighted by molar-refractivity contribution is 0.000826. The van der Waals surface area contributed by atoms with Crippen LogP contribution in [0.5, 0.6) is 0 Å². The smallest absolute Gasteiger partial charge is 0.341 e. The van der Waals surface area contributed by atoms with E-state index in [1.165, 1.54) is 0 Å². The lowest BCUT2D eigenvalue weighted by Crippen LogP contribution is -2.29. The van der Waals surface area contributed by atoms with E-state index in [0.717, 1.165) is 31.4 Å². The van der Waals surface area contributed by atoms with Crippen molar-refractivity contribution < 1.29 is 14.3 Å². The number of nitrogens with zero attached hydrogens (tertiary/aromatic N) is 2. The summed E-state index contributed by atoms with van der Waals surface area (Å²) in [5, 5.41) is 4.27. The molecule has 2 aromatic rings. The van der Waals surface area contributed by atoms with Gasteiger partial charge in [0.25, 0.3) is 0 Å². The van der Waals surface area contributed by atoms with Gasteiger partial charge in [0.15, 0.2) is 0 Å². The molecule has 2 aliphatic rings. The molecule has 120 valence electrons. The molecule has 1 saturated carbocycles. The maximum absolute atomic E-state index is 12.4. The molecule has 1 aliphatic carbocycles. The Kier molecular flexibility index (Phi) is 3.65. The molecule has 1 atom stereocenters. The van der Waals surface area contributed by atoms with Crippen LogP contribution in [0.3, 0.4) is 0 Å². The Bertz CT molecular complexity index is 685. The van der Waals surface area contributed by atoms with Crippen LogP contribution in [-0.2, 0) is 16.0 Å². The summed E-state index contributed by atoms with van der Waals surface area (Å²) in [7, 11) is 0. The third kappa shape index (κ3) is 3.01. The van der Waals surface area contributed by atoms with E-state index in [0.29, 0.717) is 24.6 Å². The lowest BCUT2D eigenvalue weighted by Gasteiger charge is -2.21. The van der Waals surface area contributed by atoms with Crippen molar-refractivity contribution in [1.82, 2.24) is 9.78 Å². The Morgan fingerprint density at radius 1 is 1.35 bits per heavy atom. The molecule has 2 heterocycles. The topological polar surface area (TPSA) is 53.4 Å². The molecule has 1 aromatic carbocycles. The Morgan fingerprint density at radius 3 is 2.87 bits per heavy atom. The summed E-state index contributed by atoms with van der Waals surface area (Å²) in [6, 6.07) is 10.1. The first-order valence-corrected chi connectivity index (χ1v) is 8.13. The normalized spacial score (nSPS) is 22.0. The van der Waals surface area contributed by atoms with Crippen molar-refractivity contribution in [2.45, 2.75) is 31.4 Å². The number of hydrogen-bond acceptors (Lipinski definition) is 4. The van der Waals surface area contributed by atoms with Gasteiger partial charge in [0.05, 0.1) is 24.9 Å². The van der Waals surface area contributed by atoms with Crippen LogP contribution in [0.25, 0.3) is 0 Å². The summed E-state index contributed by atoms with van der Waals surface area (Å²) < 4.78 is 13.0. The van der Waals surface area contributed by atoms with Crippen molar-refractivity contribution in [2.24, 2.45) is 5.92 Å². The van der Waals surface area contributed by atoms with Crippen molar-refractivity contribution in [2.75, 3.05) is 13.2 Å². The van der Waals surface area contributed by atoms with Gasteiger partial charge in [0.2, 0.25) is 0 Å². The van der Waals surface area contributed by atoms with Crippen molar-refractivity contribution in [3.63, 3.8) is 0 Å². The van der Waals surface area contributed by atoms with Crippen LogP contribution < -0.4 is 0 Å². The van der Waals surface area contributed by atoms with Crippen LogP contribution in [0.2, 0.25) is 0 Å². The first-order valence-electron chi connectivity index (χ1n) is 8.13. The largest absolute Gasteiger partial charge is 0.455 e. The van der Waals surface area contributed by atoms with Crippen molar-refractivity contribution in [1.29, 1.82) is 0 Å². The summed E-state index contributed by atoms with van der Waals surface area (Å²) in [5.41, 5.74) is 1.39. The van der Waals surface area contributed by atoms with E-state index in [1.807, 2.05) is 30.3 Å². The number of benzene rings is 1. The fourth-order valence-electron chi connectivity index (χ4n) is 3.24. The fourth-order valence-corrected chi connectivity index (χ4v) is 3.24. The van der Waals surface area contributed by atoms with Crippen LogP contribution in [0.4, 0.5) is 0 Å². The molecule has 4 rings (SSSR count).